The molecular weight excluding hydrogens is 284 g/mol. The number of hydrogen-bond donors (Lipinski definition) is 1. The van der Waals surface area contributed by atoms with Crippen molar-refractivity contribution < 1.29 is 18.5 Å². The molecule has 0 spiro atoms. The zero-order valence-electron chi connectivity index (χ0n) is 11.6. The lowest BCUT2D eigenvalue weighted by molar-refractivity contribution is -0.385. The molecule has 0 aromatic heterocycles. The van der Waals surface area contributed by atoms with E-state index in [-0.39, 0.29) is 12.1 Å². The lowest BCUT2D eigenvalue weighted by Crippen LogP contribution is -2.56. The first-order valence-corrected chi connectivity index (χ1v) is 6.49. The molecule has 1 amide bonds. The number of piperazine rings is 1. The molecule has 1 aliphatic rings. The number of nitrogens with one attached hydrogen (secondary N) is 1. The maximum Gasteiger partial charge on any atom is 0.285 e. The highest BCUT2D eigenvalue weighted by Gasteiger charge is 2.32. The molecule has 2 unspecified atom stereocenters. The standard InChI is InChI=1S/C13H15F2N3O3/c1-7-6-17(8(2)5-16-7)13(19)9-3-10(14)11(15)4-12(9)18(20)21/h3-4,7-8,16H,5-6H2,1-2H3. The maximum absolute atomic E-state index is 13.3. The van der Waals surface area contributed by atoms with Crippen molar-refractivity contribution in [3.63, 3.8) is 0 Å². The first kappa shape index (κ1) is 15.3. The Kier molecular flexibility index (Phi) is 4.17. The van der Waals surface area contributed by atoms with Gasteiger partial charge in [0.25, 0.3) is 11.6 Å². The Morgan fingerprint density at radius 1 is 1.38 bits per heavy atom. The highest BCUT2D eigenvalue weighted by Crippen LogP contribution is 2.25. The van der Waals surface area contributed by atoms with E-state index in [0.29, 0.717) is 25.2 Å². The molecule has 1 saturated heterocycles. The van der Waals surface area contributed by atoms with Crippen LogP contribution in [0.2, 0.25) is 0 Å². The summed E-state index contributed by atoms with van der Waals surface area (Å²) >= 11 is 0. The minimum absolute atomic E-state index is 0.0227. The molecule has 2 atom stereocenters. The van der Waals surface area contributed by atoms with Crippen LogP contribution >= 0.6 is 0 Å². The zero-order chi connectivity index (χ0) is 15.7. The minimum atomic E-state index is -1.35. The molecule has 1 heterocycles. The zero-order valence-corrected chi connectivity index (χ0v) is 11.6. The predicted molar refractivity (Wildman–Crippen MR) is 71.0 cm³/mol. The van der Waals surface area contributed by atoms with Crippen molar-refractivity contribution in [2.75, 3.05) is 13.1 Å². The Morgan fingerprint density at radius 3 is 2.62 bits per heavy atom. The highest BCUT2D eigenvalue weighted by atomic mass is 19.2. The Balaban J connectivity index is 2.42. The molecule has 6 nitrogen and oxygen atoms in total. The fraction of sp³-hybridized carbons (Fsp3) is 0.462. The Morgan fingerprint density at radius 2 is 2.00 bits per heavy atom. The second kappa shape index (κ2) is 5.72. The second-order valence-corrected chi connectivity index (χ2v) is 5.16. The molecule has 1 fully saturated rings. The van der Waals surface area contributed by atoms with E-state index in [1.165, 1.54) is 4.90 Å². The smallest absolute Gasteiger partial charge is 0.285 e. The number of rotatable bonds is 2. The van der Waals surface area contributed by atoms with E-state index in [2.05, 4.69) is 5.32 Å². The van der Waals surface area contributed by atoms with Gasteiger partial charge in [-0.25, -0.2) is 8.78 Å². The van der Waals surface area contributed by atoms with Gasteiger partial charge < -0.3 is 10.2 Å². The summed E-state index contributed by atoms with van der Waals surface area (Å²) in [5.41, 5.74) is -1.16. The largest absolute Gasteiger partial charge is 0.333 e. The van der Waals surface area contributed by atoms with Gasteiger partial charge in [0.15, 0.2) is 11.6 Å². The molecular formula is C13H15F2N3O3. The molecule has 0 radical (unpaired) electrons. The number of carbonyl (C=O) groups is 1. The quantitative estimate of drug-likeness (QED) is 0.666. The maximum atomic E-state index is 13.3. The Labute approximate surface area is 119 Å². The Bertz CT molecular complexity index is 594. The van der Waals surface area contributed by atoms with Crippen molar-refractivity contribution in [3.05, 3.63) is 39.4 Å². The molecule has 114 valence electrons. The molecule has 0 aliphatic carbocycles. The van der Waals surface area contributed by atoms with Gasteiger partial charge in [0.1, 0.15) is 5.56 Å². The normalized spacial score (nSPS) is 22.2. The van der Waals surface area contributed by atoms with Gasteiger partial charge in [0.05, 0.1) is 11.0 Å². The van der Waals surface area contributed by atoms with Crippen molar-refractivity contribution >= 4 is 11.6 Å². The van der Waals surface area contributed by atoms with Gasteiger partial charge in [-0.05, 0) is 19.9 Å². The lowest BCUT2D eigenvalue weighted by Gasteiger charge is -2.37. The van der Waals surface area contributed by atoms with Gasteiger partial charge in [0, 0.05) is 25.2 Å². The number of nitro groups is 1. The molecule has 1 aliphatic heterocycles. The topological polar surface area (TPSA) is 75.5 Å². The summed E-state index contributed by atoms with van der Waals surface area (Å²) in [7, 11) is 0. The van der Waals surface area contributed by atoms with Gasteiger partial charge in [-0.15, -0.1) is 0 Å². The van der Waals surface area contributed by atoms with Gasteiger partial charge in [0.2, 0.25) is 0 Å². The number of nitrogens with zero attached hydrogens (tertiary/aromatic N) is 2. The summed E-state index contributed by atoms with van der Waals surface area (Å²) in [6.07, 6.45) is 0. The van der Waals surface area contributed by atoms with Crippen LogP contribution in [0.4, 0.5) is 14.5 Å². The van der Waals surface area contributed by atoms with Crippen LogP contribution in [0.5, 0.6) is 0 Å². The summed E-state index contributed by atoms with van der Waals surface area (Å²) in [6.45, 7) is 4.52. The monoisotopic (exact) mass is 299 g/mol. The third-order valence-corrected chi connectivity index (χ3v) is 3.49. The molecule has 2 rings (SSSR count). The number of benzene rings is 1. The Hall–Kier alpha value is -2.09. The molecule has 1 aromatic carbocycles. The summed E-state index contributed by atoms with van der Waals surface area (Å²) in [5, 5.41) is 14.1. The fourth-order valence-electron chi connectivity index (χ4n) is 2.32. The van der Waals surface area contributed by atoms with E-state index >= 15 is 0 Å². The van der Waals surface area contributed by atoms with Crippen molar-refractivity contribution in [1.29, 1.82) is 0 Å². The van der Waals surface area contributed by atoms with Gasteiger partial charge in [-0.1, -0.05) is 0 Å². The van der Waals surface area contributed by atoms with E-state index in [1.54, 1.807) is 6.92 Å². The third kappa shape index (κ3) is 2.99. The first-order chi connectivity index (χ1) is 9.81. The number of amides is 1. The molecule has 1 aromatic rings. The number of nitro benzene ring substituents is 1. The molecule has 21 heavy (non-hydrogen) atoms. The van der Waals surface area contributed by atoms with Crippen molar-refractivity contribution in [2.24, 2.45) is 0 Å². The van der Waals surface area contributed by atoms with Crippen LogP contribution in [0.1, 0.15) is 24.2 Å². The first-order valence-electron chi connectivity index (χ1n) is 6.49. The summed E-state index contributed by atoms with van der Waals surface area (Å²) < 4.78 is 26.5. The minimum Gasteiger partial charge on any atom is -0.333 e. The van der Waals surface area contributed by atoms with Gasteiger partial charge in [-0.3, -0.25) is 14.9 Å². The van der Waals surface area contributed by atoms with Crippen LogP contribution < -0.4 is 5.32 Å². The summed E-state index contributed by atoms with van der Waals surface area (Å²) in [4.78, 5) is 23.9. The van der Waals surface area contributed by atoms with Crippen LogP contribution in [-0.2, 0) is 0 Å². The average Bonchev–Trinajstić information content (AvgIpc) is 2.43. The van der Waals surface area contributed by atoms with Crippen molar-refractivity contribution in [1.82, 2.24) is 10.2 Å². The van der Waals surface area contributed by atoms with Crippen LogP contribution in [0.15, 0.2) is 12.1 Å². The fourth-order valence-corrected chi connectivity index (χ4v) is 2.32. The third-order valence-electron chi connectivity index (χ3n) is 3.49. The van der Waals surface area contributed by atoms with Crippen molar-refractivity contribution in [2.45, 2.75) is 25.9 Å². The van der Waals surface area contributed by atoms with Crippen LogP contribution in [0.25, 0.3) is 0 Å². The van der Waals surface area contributed by atoms with Crippen molar-refractivity contribution in [3.8, 4) is 0 Å². The highest BCUT2D eigenvalue weighted by molar-refractivity contribution is 5.98. The number of carbonyl (C=O) groups excluding carboxylic acids is 1. The molecule has 0 bridgehead atoms. The molecule has 0 saturated carbocycles. The van der Waals surface area contributed by atoms with E-state index in [0.717, 1.165) is 0 Å². The van der Waals surface area contributed by atoms with Crippen LogP contribution in [0, 0.1) is 21.7 Å². The summed E-state index contributed by atoms with van der Waals surface area (Å²) in [5.74, 6) is -3.29. The lowest BCUT2D eigenvalue weighted by atomic mass is 10.1. The van der Waals surface area contributed by atoms with Gasteiger partial charge in [-0.2, -0.15) is 0 Å². The van der Waals surface area contributed by atoms with E-state index in [9.17, 15) is 23.7 Å². The SMILES string of the molecule is CC1CN(C(=O)c2cc(F)c(F)cc2[N+](=O)[O-])C(C)CN1. The van der Waals surface area contributed by atoms with E-state index in [4.69, 9.17) is 0 Å². The van der Waals surface area contributed by atoms with E-state index < -0.39 is 33.7 Å². The van der Waals surface area contributed by atoms with E-state index in [1.807, 2.05) is 6.92 Å². The predicted octanol–water partition coefficient (Wildman–Crippen LogP) is 1.70. The second-order valence-electron chi connectivity index (χ2n) is 5.16. The van der Waals surface area contributed by atoms with Crippen LogP contribution in [0.3, 0.4) is 0 Å². The summed E-state index contributed by atoms with van der Waals surface area (Å²) in [6, 6.07) is 0.865. The molecule has 8 heteroatoms. The average molecular weight is 299 g/mol. The molecule has 1 N–H and O–H groups in total. The van der Waals surface area contributed by atoms with Gasteiger partial charge >= 0.3 is 0 Å². The number of halogens is 2. The van der Waals surface area contributed by atoms with Crippen LogP contribution in [-0.4, -0.2) is 40.9 Å². The number of hydrogen-bond acceptors (Lipinski definition) is 4.